The van der Waals surface area contributed by atoms with E-state index >= 15 is 0 Å². The zero-order chi connectivity index (χ0) is 0. The summed E-state index contributed by atoms with van der Waals surface area (Å²) in [4.78, 5) is 0. The molecule has 0 aliphatic carbocycles. The Morgan fingerprint density at radius 1 is 0.100 bits per heavy atom. The minimum Gasteiger partial charge on any atom is -0.0776 e. The summed E-state index contributed by atoms with van der Waals surface area (Å²) >= 11 is 0. The molecule has 0 nitrogen and oxygen atoms in total. The van der Waals surface area contributed by atoms with Gasteiger partial charge in [0.05, 0.1) is 0 Å². The van der Waals surface area contributed by atoms with Gasteiger partial charge < -0.3 is 0 Å². The van der Waals surface area contributed by atoms with Crippen LogP contribution >= 0.6 is 0 Å². The first-order chi connectivity index (χ1) is 0. The molecule has 0 bridgehead atoms. The second-order valence-corrected chi connectivity index (χ2v) is 0. The standard InChI is InChI=1S/15CH4.5No/h15*1H4;;;;;. The molecule has 0 radical (unpaired) electrons. The van der Waals surface area contributed by atoms with E-state index < -0.39 is 0 Å². The first-order valence-corrected chi connectivity index (χ1v) is 0. The molecule has 0 aromatic heterocycles. The van der Waals surface area contributed by atoms with Gasteiger partial charge in [0, 0.05) is 0 Å². The van der Waals surface area contributed by atoms with Crippen LogP contribution in [0.4, 0.5) is 0 Å². The van der Waals surface area contributed by atoms with Crippen molar-refractivity contribution in [2.45, 2.75) is 111 Å². The largest absolute Gasteiger partial charge is 0.0776 e. The molecule has 0 aliphatic rings. The van der Waals surface area contributed by atoms with Crippen LogP contribution in [0.1, 0.15) is 111 Å². The van der Waals surface area contributed by atoms with Crippen LogP contribution in [0, 0.1) is 0 Å². The molecule has 0 atom stereocenters. The van der Waals surface area contributed by atoms with Crippen molar-refractivity contribution in [2.24, 2.45) is 0 Å². The second-order valence-electron chi connectivity index (χ2n) is 0. The summed E-state index contributed by atoms with van der Waals surface area (Å²) < 4.78 is 0. The van der Waals surface area contributed by atoms with Crippen LogP contribution in [0.5, 0.6) is 0 Å². The SMILES string of the molecule is C.C.C.C.C.C.C.C.C.C.C.C.C.C.C.[No].[No].[No].[No].[No]. The second kappa shape index (κ2) is 94.6. The number of hydrogen-bond acceptors (Lipinski definition) is 0. The number of rotatable bonds is 0. The molecule has 0 N–H and O–H groups in total. The zero-order valence-corrected chi connectivity index (χ0v) is 12.5. The van der Waals surface area contributed by atoms with Crippen molar-refractivity contribution in [1.29, 1.82) is 0 Å². The maximum Gasteiger partial charge on any atom is 0 e. The van der Waals surface area contributed by atoms with Crippen molar-refractivity contribution in [2.75, 3.05) is 0 Å². The monoisotopic (exact) mass is 1540 g/mol. The Kier molecular flexibility index (Phi) is 556. The Bertz CT molecular complexity index is 16.2. The van der Waals surface area contributed by atoms with Crippen molar-refractivity contribution >= 4 is 0 Å². The predicted molar refractivity (Wildman–Crippen MR) is 101 cm³/mol. The van der Waals surface area contributed by atoms with Gasteiger partial charge >= 0.3 is 0 Å². The molecule has 0 saturated carbocycles. The average molecular weight is 1540 g/mol. The Hall–Kier alpha value is -5.00. The molecule has 0 saturated heterocycles. The van der Waals surface area contributed by atoms with Crippen LogP contribution in [0.2, 0.25) is 0 Å². The zero-order valence-electron chi connectivity index (χ0n) is 1.34. The molecule has 0 amide bonds. The molecular weight excluding hydrogens is 1480 g/mol. The Labute approximate surface area is 112 Å². The smallest absolute Gasteiger partial charge is 0 e. The van der Waals surface area contributed by atoms with E-state index in [-0.39, 0.29) is 111 Å². The molecule has 0 unspecified atom stereocenters. The van der Waals surface area contributed by atoms with E-state index in [4.69, 9.17) is 0 Å². The van der Waals surface area contributed by atoms with Gasteiger partial charge in [0.2, 0.25) is 0 Å². The summed E-state index contributed by atoms with van der Waals surface area (Å²) in [6.07, 6.45) is 0. The third-order valence-corrected chi connectivity index (χ3v) is 0. The van der Waals surface area contributed by atoms with Crippen molar-refractivity contribution in [3.8, 4) is 0 Å². The fourth-order valence-corrected chi connectivity index (χ4v) is 0. The van der Waals surface area contributed by atoms with Gasteiger partial charge in [-0.25, -0.2) is 0 Å². The fraction of sp³-hybridized carbons (Fsp3) is 1.00. The Morgan fingerprint density at radius 2 is 0.100 bits per heavy atom. The summed E-state index contributed by atoms with van der Waals surface area (Å²) in [6, 6.07) is 0. The third-order valence-electron chi connectivity index (χ3n) is 0. The first kappa shape index (κ1) is 118. The maximum atomic E-state index is 0. The van der Waals surface area contributed by atoms with Crippen molar-refractivity contribution in [3.05, 3.63) is 0 Å². The predicted octanol–water partition coefficient (Wildman–Crippen LogP) is 9.54. The average Bonchev–Trinajstić information content (AvgIpc) is 0. The van der Waals surface area contributed by atoms with E-state index in [0.717, 1.165) is 0 Å². The topological polar surface area (TPSA) is 0 Å². The molecule has 0 aromatic rings. The summed E-state index contributed by atoms with van der Waals surface area (Å²) in [7, 11) is 0. The van der Waals surface area contributed by atoms with Gasteiger partial charge in [-0.3, -0.25) is 0 Å². The van der Waals surface area contributed by atoms with Gasteiger partial charge in [-0.1, -0.05) is 111 Å². The molecular formula is C15H60No5. The quantitative estimate of drug-likeness (QED) is 0.227. The minimum absolute atomic E-state index is 0. The molecule has 190 valence electrons. The van der Waals surface area contributed by atoms with E-state index in [0.29, 0.717) is 0 Å². The van der Waals surface area contributed by atoms with Gasteiger partial charge in [-0.15, -0.1) is 0 Å². The van der Waals surface area contributed by atoms with Crippen LogP contribution in [0.25, 0.3) is 0 Å². The molecule has 0 aromatic carbocycles. The molecule has 0 aliphatic heterocycles. The number of hydrogen-bond donors (Lipinski definition) is 0. The minimum atomic E-state index is 0. The van der Waals surface area contributed by atoms with Gasteiger partial charge in [0.25, 0.3) is 0 Å². The maximum absolute atomic E-state index is 0. The first-order valence-electron chi connectivity index (χ1n) is 0. The molecule has 0 heterocycles. The Balaban J connectivity index is 0. The summed E-state index contributed by atoms with van der Waals surface area (Å²) in [6.45, 7) is 0. The molecule has 0 spiro atoms. The van der Waals surface area contributed by atoms with Crippen molar-refractivity contribution in [3.63, 3.8) is 0 Å². The summed E-state index contributed by atoms with van der Waals surface area (Å²) in [5, 5.41) is 0. The Morgan fingerprint density at radius 3 is 0.100 bits per heavy atom. The molecule has 0 fully saturated rings. The van der Waals surface area contributed by atoms with E-state index in [2.05, 4.69) is 0 Å². The van der Waals surface area contributed by atoms with Gasteiger partial charge in [-0.2, -0.15) is 0 Å². The van der Waals surface area contributed by atoms with Crippen LogP contribution in [0.3, 0.4) is 0 Å². The summed E-state index contributed by atoms with van der Waals surface area (Å²) in [5.74, 6) is 0. The fourth-order valence-electron chi connectivity index (χ4n) is 0. The van der Waals surface area contributed by atoms with Gasteiger partial charge in [0.1, 0.15) is 0 Å². The third kappa shape index (κ3) is 74.9. The van der Waals surface area contributed by atoms with Crippen LogP contribution < -0.4 is 0 Å². The van der Waals surface area contributed by atoms with E-state index in [1.807, 2.05) is 0 Å². The van der Waals surface area contributed by atoms with Crippen molar-refractivity contribution in [1.82, 2.24) is 0 Å². The van der Waals surface area contributed by atoms with E-state index in [1.54, 1.807) is 0 Å². The van der Waals surface area contributed by atoms with E-state index in [9.17, 15) is 0 Å². The molecule has 0 rings (SSSR count). The molecule has 5 heteroatoms. The van der Waals surface area contributed by atoms with Gasteiger partial charge in [-0.05, 0) is 0 Å². The normalized spacial score (nSPS) is 0. The van der Waals surface area contributed by atoms with Crippen LogP contribution in [-0.4, -0.2) is 0 Å². The van der Waals surface area contributed by atoms with Gasteiger partial charge in [0.15, 0.2) is 0 Å². The molecule has 20 heavy (non-hydrogen) atoms. The van der Waals surface area contributed by atoms with Crippen LogP contribution in [0.15, 0.2) is 0 Å². The van der Waals surface area contributed by atoms with Crippen LogP contribution in [-0.2, 0) is 0 Å². The van der Waals surface area contributed by atoms with E-state index in [1.165, 1.54) is 0 Å². The van der Waals surface area contributed by atoms with Crippen molar-refractivity contribution < 1.29 is 0 Å². The summed E-state index contributed by atoms with van der Waals surface area (Å²) in [5.41, 5.74) is 0.